The normalized spacial score (nSPS) is 17.3. The molecule has 0 spiro atoms. The predicted molar refractivity (Wildman–Crippen MR) is 113 cm³/mol. The minimum Gasteiger partial charge on any atom is -0.354 e. The molecule has 0 radical (unpaired) electrons. The lowest BCUT2D eigenvalue weighted by molar-refractivity contribution is -0.120. The van der Waals surface area contributed by atoms with Gasteiger partial charge in [-0.15, -0.1) is 0 Å². The lowest BCUT2D eigenvalue weighted by Gasteiger charge is -2.17. The Kier molecular flexibility index (Phi) is 6.68. The summed E-state index contributed by atoms with van der Waals surface area (Å²) in [4.78, 5) is 24.1. The van der Waals surface area contributed by atoms with E-state index in [1.165, 1.54) is 5.56 Å². The standard InChI is InChI=1S/C22H29ClN4O/c1-14(2)24-21(28)11-20-15(3)25-22(26-16(20)4)18-8-9-27(13-18)12-17-6-5-7-19(23)10-17/h5-7,10,14,18H,8-9,11-13H2,1-4H3,(H,24,28)/t18-/m1/s1. The van der Waals surface area contributed by atoms with Crippen LogP contribution in [0, 0.1) is 13.8 Å². The second-order valence-corrected chi connectivity index (χ2v) is 8.42. The third-order valence-corrected chi connectivity index (χ3v) is 5.39. The van der Waals surface area contributed by atoms with Crippen LogP contribution in [0.15, 0.2) is 24.3 Å². The zero-order valence-electron chi connectivity index (χ0n) is 17.1. The molecule has 1 aliphatic heterocycles. The number of hydrogen-bond donors (Lipinski definition) is 1. The van der Waals surface area contributed by atoms with Crippen molar-refractivity contribution >= 4 is 17.5 Å². The molecule has 1 saturated heterocycles. The van der Waals surface area contributed by atoms with Gasteiger partial charge >= 0.3 is 0 Å². The van der Waals surface area contributed by atoms with Crippen LogP contribution in [0.4, 0.5) is 0 Å². The van der Waals surface area contributed by atoms with Crippen molar-refractivity contribution in [1.82, 2.24) is 20.2 Å². The number of aryl methyl sites for hydroxylation is 2. The molecule has 150 valence electrons. The summed E-state index contributed by atoms with van der Waals surface area (Å²) in [5.74, 6) is 1.25. The van der Waals surface area contributed by atoms with Crippen LogP contribution in [0.5, 0.6) is 0 Å². The van der Waals surface area contributed by atoms with Crippen LogP contribution in [0.3, 0.4) is 0 Å². The molecule has 3 rings (SSSR count). The second-order valence-electron chi connectivity index (χ2n) is 7.98. The quantitative estimate of drug-likeness (QED) is 0.801. The van der Waals surface area contributed by atoms with Gasteiger partial charge < -0.3 is 5.32 Å². The molecule has 0 bridgehead atoms. The summed E-state index contributed by atoms with van der Waals surface area (Å²) in [5, 5.41) is 3.72. The molecule has 5 nitrogen and oxygen atoms in total. The van der Waals surface area contributed by atoms with Crippen LogP contribution < -0.4 is 5.32 Å². The summed E-state index contributed by atoms with van der Waals surface area (Å²) in [5.41, 5.74) is 3.99. The Labute approximate surface area is 172 Å². The van der Waals surface area contributed by atoms with Crippen molar-refractivity contribution in [3.63, 3.8) is 0 Å². The van der Waals surface area contributed by atoms with Crippen molar-refractivity contribution in [3.05, 3.63) is 57.6 Å². The van der Waals surface area contributed by atoms with Gasteiger partial charge in [0.05, 0.1) is 6.42 Å². The number of hydrogen-bond acceptors (Lipinski definition) is 4. The molecule has 0 unspecified atom stereocenters. The largest absolute Gasteiger partial charge is 0.354 e. The molecule has 1 aromatic heterocycles. The van der Waals surface area contributed by atoms with E-state index in [1.54, 1.807) is 0 Å². The van der Waals surface area contributed by atoms with Crippen LogP contribution in [0.25, 0.3) is 0 Å². The molecule has 1 fully saturated rings. The molecule has 2 heterocycles. The Bertz CT molecular complexity index is 829. The van der Waals surface area contributed by atoms with Gasteiger partial charge in [0.15, 0.2) is 0 Å². The van der Waals surface area contributed by atoms with Crippen molar-refractivity contribution in [1.29, 1.82) is 0 Å². The average molecular weight is 401 g/mol. The van der Waals surface area contributed by atoms with E-state index in [-0.39, 0.29) is 11.9 Å². The van der Waals surface area contributed by atoms with Gasteiger partial charge in [-0.05, 0) is 58.4 Å². The topological polar surface area (TPSA) is 58.1 Å². The van der Waals surface area contributed by atoms with Crippen LogP contribution in [0.2, 0.25) is 5.02 Å². The molecule has 1 amide bonds. The summed E-state index contributed by atoms with van der Waals surface area (Å²) < 4.78 is 0. The van der Waals surface area contributed by atoms with Gasteiger partial charge in [-0.2, -0.15) is 0 Å². The van der Waals surface area contributed by atoms with E-state index in [2.05, 4.69) is 16.3 Å². The van der Waals surface area contributed by atoms with Crippen molar-refractivity contribution < 1.29 is 4.79 Å². The number of rotatable bonds is 6. The zero-order chi connectivity index (χ0) is 20.3. The molecule has 1 aliphatic rings. The minimum absolute atomic E-state index is 0.0195. The zero-order valence-corrected chi connectivity index (χ0v) is 17.9. The number of benzene rings is 1. The summed E-state index contributed by atoms with van der Waals surface area (Å²) in [7, 11) is 0. The molecule has 1 aromatic carbocycles. The van der Waals surface area contributed by atoms with Crippen LogP contribution in [-0.2, 0) is 17.8 Å². The van der Waals surface area contributed by atoms with Gasteiger partial charge in [-0.25, -0.2) is 9.97 Å². The maximum Gasteiger partial charge on any atom is 0.224 e. The highest BCUT2D eigenvalue weighted by Gasteiger charge is 2.27. The molecular formula is C22H29ClN4O. The monoisotopic (exact) mass is 400 g/mol. The summed E-state index contributed by atoms with van der Waals surface area (Å²) >= 11 is 6.10. The van der Waals surface area contributed by atoms with E-state index in [1.807, 2.05) is 45.9 Å². The van der Waals surface area contributed by atoms with Crippen molar-refractivity contribution in [2.45, 2.75) is 59.0 Å². The van der Waals surface area contributed by atoms with E-state index < -0.39 is 0 Å². The van der Waals surface area contributed by atoms with E-state index in [4.69, 9.17) is 21.6 Å². The maximum absolute atomic E-state index is 12.1. The van der Waals surface area contributed by atoms with E-state index in [0.717, 1.165) is 53.9 Å². The van der Waals surface area contributed by atoms with Crippen molar-refractivity contribution in [2.75, 3.05) is 13.1 Å². The smallest absolute Gasteiger partial charge is 0.224 e. The average Bonchev–Trinajstić information content (AvgIpc) is 3.06. The first-order valence-electron chi connectivity index (χ1n) is 9.92. The molecule has 0 saturated carbocycles. The van der Waals surface area contributed by atoms with Gasteiger partial charge in [0.2, 0.25) is 5.91 Å². The molecule has 0 aliphatic carbocycles. The van der Waals surface area contributed by atoms with Crippen molar-refractivity contribution in [3.8, 4) is 0 Å². The molecule has 1 N–H and O–H groups in total. The third kappa shape index (κ3) is 5.30. The molecule has 6 heteroatoms. The fraction of sp³-hybridized carbons (Fsp3) is 0.500. The fourth-order valence-electron chi connectivity index (χ4n) is 3.82. The Hall–Kier alpha value is -1.98. The lowest BCUT2D eigenvalue weighted by atomic mass is 10.0. The molecule has 28 heavy (non-hydrogen) atoms. The first kappa shape index (κ1) is 20.7. The number of carbonyl (C=O) groups excluding carboxylic acids is 1. The van der Waals surface area contributed by atoms with Gasteiger partial charge in [-0.1, -0.05) is 23.7 Å². The highest BCUT2D eigenvalue weighted by atomic mass is 35.5. The van der Waals surface area contributed by atoms with Crippen LogP contribution >= 0.6 is 11.6 Å². The maximum atomic E-state index is 12.1. The molecular weight excluding hydrogens is 372 g/mol. The number of carbonyl (C=O) groups is 1. The Morgan fingerprint density at radius 2 is 2.00 bits per heavy atom. The van der Waals surface area contributed by atoms with Crippen LogP contribution in [-0.4, -0.2) is 39.9 Å². The number of nitrogens with zero attached hydrogens (tertiary/aromatic N) is 3. The predicted octanol–water partition coefficient (Wildman–Crippen LogP) is 3.80. The van der Waals surface area contributed by atoms with Gasteiger partial charge in [0.25, 0.3) is 0 Å². The van der Waals surface area contributed by atoms with Gasteiger partial charge in [0, 0.05) is 47.0 Å². The minimum atomic E-state index is 0.0195. The lowest BCUT2D eigenvalue weighted by Crippen LogP contribution is -2.32. The van der Waals surface area contributed by atoms with E-state index in [0.29, 0.717) is 12.3 Å². The second kappa shape index (κ2) is 9.01. The first-order valence-corrected chi connectivity index (χ1v) is 10.3. The summed E-state index contributed by atoms with van der Waals surface area (Å²) in [6.45, 7) is 10.8. The summed E-state index contributed by atoms with van der Waals surface area (Å²) in [6, 6.07) is 8.17. The van der Waals surface area contributed by atoms with Gasteiger partial charge in [0.1, 0.15) is 5.82 Å². The Morgan fingerprint density at radius 1 is 1.29 bits per heavy atom. The molecule has 2 aromatic rings. The number of halogens is 1. The fourth-order valence-corrected chi connectivity index (χ4v) is 4.03. The summed E-state index contributed by atoms with van der Waals surface area (Å²) in [6.07, 6.45) is 1.38. The SMILES string of the molecule is Cc1nc([C@@H]2CCN(Cc3cccc(Cl)c3)C2)nc(C)c1CC(=O)NC(C)C. The third-order valence-electron chi connectivity index (χ3n) is 5.16. The number of amides is 1. The van der Waals surface area contributed by atoms with Crippen molar-refractivity contribution in [2.24, 2.45) is 0 Å². The molecule has 1 atom stereocenters. The highest BCUT2D eigenvalue weighted by molar-refractivity contribution is 6.30. The highest BCUT2D eigenvalue weighted by Crippen LogP contribution is 2.27. The Balaban J connectivity index is 1.66. The Morgan fingerprint density at radius 3 is 2.64 bits per heavy atom. The van der Waals surface area contributed by atoms with Crippen LogP contribution in [0.1, 0.15) is 54.5 Å². The number of likely N-dealkylation sites (tertiary alicyclic amines) is 1. The number of aromatic nitrogens is 2. The van der Waals surface area contributed by atoms with Gasteiger partial charge in [-0.3, -0.25) is 9.69 Å². The van der Waals surface area contributed by atoms with E-state index >= 15 is 0 Å². The first-order chi connectivity index (χ1) is 13.3. The van der Waals surface area contributed by atoms with E-state index in [9.17, 15) is 4.79 Å². The number of nitrogens with one attached hydrogen (secondary N) is 1.